The summed E-state index contributed by atoms with van der Waals surface area (Å²) in [6.45, 7) is -7.34. The zero-order chi connectivity index (χ0) is 103. The van der Waals surface area contributed by atoms with Gasteiger partial charge in [-0.3, -0.25) is 19.2 Å². The van der Waals surface area contributed by atoms with Crippen LogP contribution in [0.1, 0.15) is 41.0 Å². The third-order valence-corrected chi connectivity index (χ3v) is 25.5. The second-order valence-corrected chi connectivity index (χ2v) is 35.2. The Bertz CT molecular complexity index is 3870. The first-order chi connectivity index (χ1) is 65.6. The van der Waals surface area contributed by atoms with Gasteiger partial charge in [0.25, 0.3) is 5.79 Å². The highest BCUT2D eigenvalue weighted by Crippen LogP contribution is 2.44. The average Bonchev–Trinajstić information content (AvgIpc) is 0.751. The van der Waals surface area contributed by atoms with Gasteiger partial charge in [-0.1, -0.05) is 0 Å². The van der Waals surface area contributed by atoms with Crippen molar-refractivity contribution in [2.24, 2.45) is 0 Å². The molecule has 0 bridgehead atoms. The standard InChI is InChI=1S/C77H128N4O58/c1-17-37(96)47(106)52(111)71(121-17)134-61-36(81-21(5)93)68(128-30(14-89)59(61)133-74-56(115)64(42(101)27(11-86)125-74)139-77(76(117)118)6-22(94)33(78-18(2)90)60(138-77)38(97)23(95)7-82)137-65-50(109)41(100)26(10-85)126-75(65)136-63-44(103)32(130-73(55(63)114)132-58-29(13-88)127-67(35(46(58)105)80-20(4)92)131-57-28(12-87)122-66(116)34(45(57)104)79-19(3)91)16-120-70-54(113)62(135-72-53(112)49(108)40(99)25(9-84)124-72)43(102)31(129-70)15-119-69-51(110)48(107)39(98)24(8-83)123-69/h17,22-75,82-89,94-116H,6-16H2,1-5H3,(H,78,90)(H,79,91)(H,80,92)(H,81,93)(H,117,118)/t17-,22-,23+,24+,25+,26+,27+,28+,29+,30+,31+,32+,33+,34+,35+,36+,37+,38+,39+,40+,41+,42-,43+,44+,45+,46+,47+,48-,49-,50-,51-,52-,53-,54-,55-,56+,57+,58+,59+,60+,61+,62-,63-,64-,65-,66+,67-,68-,69-,70-,71-,72+,73-,74-,75+,77-/m0/s1. The summed E-state index contributed by atoms with van der Waals surface area (Å²) >= 11 is 0. The fourth-order valence-corrected chi connectivity index (χ4v) is 18.0. The van der Waals surface area contributed by atoms with Crippen molar-refractivity contribution in [2.45, 2.75) is 384 Å². The van der Waals surface area contributed by atoms with Gasteiger partial charge in [0, 0.05) is 34.1 Å². The molecule has 11 saturated heterocycles. The number of carbonyl (C=O) groups excluding carboxylic acids is 4. The SMILES string of the molecule is CC(=O)N[C@@H]1[C@@H](O)[C@H](O[C@@H]2O[C@H](CO)[C@@H](O[C@@H]3O[C@H](CO[C@H]4O[C@H](CO[C@H]5O[C@H](CO)[C@@H](O)[C@H](O)[C@@H]5O)[C@@H](O)[C@H](O[C@H]5O[C@H](CO)[C@@H](O)[C@H](O)[C@@H]5O)[C@@H]4O)[C@@H](O)[C@H](O[C@H]4O[C@H](CO)[C@@H](O)[C@H](O)[C@@H]4O[C@@H]4O[C@H](CO)[C@@H](O[C@@H]5O[C@H](CO)[C@H](O)[C@H](O[C@]6(C(=O)O)C[C@H](O)[C@@H](NC(C)=O)[C@H]([C@H](O)[C@H](O)CO)O6)[C@H]5O)[C@H](O[C@@H]5O[C@@H](C)[C@@H](O)[C@@H](O)[C@@H]5O)[C@H]4NC(C)=O)[C@@H]3O)[C@H](O)[C@H]2NC(C)=O)[C@@H](CO)O[C@H]1O. The number of amides is 4. The third kappa shape index (κ3) is 25.1. The van der Waals surface area contributed by atoms with Crippen LogP contribution < -0.4 is 21.3 Å². The second kappa shape index (κ2) is 49.4. The van der Waals surface area contributed by atoms with Gasteiger partial charge in [-0.2, -0.15) is 0 Å². The molecule has 56 atom stereocenters. The fraction of sp³-hybridized carbons (Fsp3) is 0.935. The molecule has 0 saturated carbocycles. The Morgan fingerprint density at radius 3 is 1.14 bits per heavy atom. The maximum atomic E-state index is 13.9. The summed E-state index contributed by atoms with van der Waals surface area (Å²) in [7, 11) is 0. The maximum absolute atomic E-state index is 13.9. The highest BCUT2D eigenvalue weighted by Gasteiger charge is 2.65. The molecule has 11 aliphatic rings. The van der Waals surface area contributed by atoms with E-state index < -0.39 is 445 Å². The van der Waals surface area contributed by atoms with Gasteiger partial charge in [-0.05, 0) is 6.92 Å². The van der Waals surface area contributed by atoms with Crippen LogP contribution in [0.3, 0.4) is 0 Å². The molecule has 0 aromatic rings. The molecular formula is C77H128N4O58. The Hall–Kier alpha value is -4.73. The first-order valence-corrected chi connectivity index (χ1v) is 44.1. The van der Waals surface area contributed by atoms with Crippen molar-refractivity contribution in [3.05, 3.63) is 0 Å². The predicted octanol–water partition coefficient (Wildman–Crippen LogP) is -24.2. The van der Waals surface area contributed by atoms with E-state index >= 15 is 0 Å². The van der Waals surface area contributed by atoms with Crippen LogP contribution >= 0.6 is 0 Å². The van der Waals surface area contributed by atoms with Crippen LogP contribution in [0.2, 0.25) is 0 Å². The van der Waals surface area contributed by atoms with Gasteiger partial charge in [0.1, 0.15) is 256 Å². The fourth-order valence-electron chi connectivity index (χ4n) is 18.0. The van der Waals surface area contributed by atoms with E-state index in [0.717, 1.165) is 34.6 Å². The number of ether oxygens (including phenoxy) is 21. The van der Waals surface area contributed by atoms with Crippen molar-refractivity contribution in [3.63, 3.8) is 0 Å². The zero-order valence-corrected chi connectivity index (χ0v) is 74.5. The minimum Gasteiger partial charge on any atom is -0.477 e. The van der Waals surface area contributed by atoms with E-state index in [4.69, 9.17) is 99.5 Å². The molecule has 139 heavy (non-hydrogen) atoms. The number of nitrogens with one attached hydrogen (secondary N) is 4. The molecule has 804 valence electrons. The van der Waals surface area contributed by atoms with E-state index in [1.807, 2.05) is 0 Å². The molecular weight excluding hydrogens is 1910 g/mol. The molecule has 11 heterocycles. The lowest BCUT2D eigenvalue weighted by Gasteiger charge is -2.52. The van der Waals surface area contributed by atoms with Gasteiger partial charge in [0.2, 0.25) is 23.6 Å². The van der Waals surface area contributed by atoms with Gasteiger partial charge in [-0.25, -0.2) is 4.79 Å². The molecule has 0 radical (unpaired) electrons. The van der Waals surface area contributed by atoms with Gasteiger partial charge in [-0.15, -0.1) is 0 Å². The number of carboxylic acids is 1. The molecule has 62 nitrogen and oxygen atoms in total. The van der Waals surface area contributed by atoms with E-state index in [1.54, 1.807) is 0 Å². The summed E-state index contributed by atoms with van der Waals surface area (Å²) in [6.07, 6.45) is -116. The van der Waals surface area contributed by atoms with Crippen molar-refractivity contribution < 1.29 is 287 Å². The number of aliphatic hydroxyl groups excluding tert-OH is 31. The summed E-state index contributed by atoms with van der Waals surface area (Å²) in [6, 6.07) is -7.83. The summed E-state index contributed by atoms with van der Waals surface area (Å²) in [5, 5.41) is 370. The lowest BCUT2D eigenvalue weighted by Crippen LogP contribution is -2.72. The van der Waals surface area contributed by atoms with Crippen molar-refractivity contribution in [3.8, 4) is 0 Å². The number of aliphatic hydroxyl groups is 31. The molecule has 11 aliphatic heterocycles. The third-order valence-electron chi connectivity index (χ3n) is 25.5. The number of aliphatic carboxylic acids is 1. The van der Waals surface area contributed by atoms with E-state index in [0.29, 0.717) is 0 Å². The molecule has 11 fully saturated rings. The van der Waals surface area contributed by atoms with Crippen molar-refractivity contribution >= 4 is 29.6 Å². The zero-order valence-electron chi connectivity index (χ0n) is 74.5. The first-order valence-electron chi connectivity index (χ1n) is 44.1. The molecule has 0 aromatic carbocycles. The topological polar surface area (TPSA) is 975 Å². The molecule has 36 N–H and O–H groups in total. The lowest BCUT2D eigenvalue weighted by atomic mass is 9.88. The van der Waals surface area contributed by atoms with Crippen molar-refractivity contribution in [1.29, 1.82) is 0 Å². The second-order valence-electron chi connectivity index (χ2n) is 35.2. The Labute approximate surface area is 785 Å². The van der Waals surface area contributed by atoms with Gasteiger partial charge in [0.05, 0.1) is 84.3 Å². The number of hydrogen-bond acceptors (Lipinski definition) is 57. The predicted molar refractivity (Wildman–Crippen MR) is 425 cm³/mol. The largest absolute Gasteiger partial charge is 0.477 e. The van der Waals surface area contributed by atoms with Crippen molar-refractivity contribution in [1.82, 2.24) is 21.3 Å². The Morgan fingerprint density at radius 2 is 0.640 bits per heavy atom. The van der Waals surface area contributed by atoms with Crippen molar-refractivity contribution in [2.75, 3.05) is 66.1 Å². The molecule has 0 unspecified atom stereocenters. The Kier molecular flexibility index (Phi) is 40.7. The molecule has 4 amide bonds. The maximum Gasteiger partial charge on any atom is 0.364 e. The Balaban J connectivity index is 0.962. The highest BCUT2D eigenvalue weighted by molar-refractivity contribution is 5.77. The summed E-state index contributed by atoms with van der Waals surface area (Å²) < 4.78 is 125. The Morgan fingerprint density at radius 1 is 0.309 bits per heavy atom. The van der Waals surface area contributed by atoms with Crippen LogP contribution in [-0.2, 0) is 123 Å². The normalized spacial score (nSPS) is 48.9. The number of carbonyl (C=O) groups is 5. The monoisotopic (exact) mass is 2040 g/mol. The first kappa shape index (κ1) is 115. The van der Waals surface area contributed by atoms with E-state index in [9.17, 15) is 187 Å². The molecule has 0 aliphatic carbocycles. The number of carboxylic acid groups (broad SMARTS) is 1. The molecule has 0 spiro atoms. The van der Waals surface area contributed by atoms with Crippen LogP contribution in [0.15, 0.2) is 0 Å². The quantitative estimate of drug-likeness (QED) is 0.0275. The van der Waals surface area contributed by atoms with Gasteiger partial charge >= 0.3 is 5.97 Å². The lowest BCUT2D eigenvalue weighted by molar-refractivity contribution is -0.406. The minimum atomic E-state index is -3.41. The molecule has 11 rings (SSSR count). The summed E-state index contributed by atoms with van der Waals surface area (Å²) in [4.78, 5) is 65.2. The molecule has 0 aromatic heterocycles. The minimum absolute atomic E-state index is 0.819. The van der Waals surface area contributed by atoms with Gasteiger partial charge < -0.3 is 284 Å². The summed E-state index contributed by atoms with van der Waals surface area (Å²) in [5.74, 6) is -9.55. The van der Waals surface area contributed by atoms with E-state index in [2.05, 4.69) is 21.3 Å². The van der Waals surface area contributed by atoms with Crippen LogP contribution in [0.5, 0.6) is 0 Å². The van der Waals surface area contributed by atoms with E-state index in [1.165, 1.54) is 0 Å². The summed E-state index contributed by atoms with van der Waals surface area (Å²) in [5.41, 5.74) is 0. The molecule has 62 heteroatoms. The smallest absolute Gasteiger partial charge is 0.364 e. The van der Waals surface area contributed by atoms with Crippen LogP contribution in [0, 0.1) is 0 Å². The number of rotatable bonds is 37. The highest BCUT2D eigenvalue weighted by atomic mass is 16.8. The average molecular weight is 2040 g/mol. The van der Waals surface area contributed by atoms with Crippen LogP contribution in [0.4, 0.5) is 0 Å². The number of hydrogen-bond donors (Lipinski definition) is 36. The van der Waals surface area contributed by atoms with Crippen LogP contribution in [-0.4, -0.2) is 602 Å². The van der Waals surface area contributed by atoms with E-state index in [-0.39, 0.29) is 0 Å². The van der Waals surface area contributed by atoms with Gasteiger partial charge in [0.15, 0.2) is 62.9 Å². The van der Waals surface area contributed by atoms with Crippen LogP contribution in [0.25, 0.3) is 0 Å².